The topological polar surface area (TPSA) is 125 Å². The van der Waals surface area contributed by atoms with Crippen LogP contribution < -0.4 is 16.6 Å². The summed E-state index contributed by atoms with van der Waals surface area (Å²) in [6.07, 6.45) is 0.758. The molecule has 1 atom stereocenters. The molecule has 126 valence electrons. The highest BCUT2D eigenvalue weighted by Crippen LogP contribution is 2.11. The number of phenolic OH excluding ortho intramolecular Hbond substituents is 1. The fourth-order valence-electron chi connectivity index (χ4n) is 2.25. The number of amides is 2. The molecule has 0 aliphatic heterocycles. The van der Waals surface area contributed by atoms with Crippen LogP contribution in [0.1, 0.15) is 28.5 Å². The van der Waals surface area contributed by atoms with Gasteiger partial charge in [0.1, 0.15) is 11.8 Å². The van der Waals surface area contributed by atoms with Crippen LogP contribution in [0.2, 0.25) is 0 Å². The van der Waals surface area contributed by atoms with E-state index in [1.807, 2.05) is 6.92 Å². The molecule has 0 aliphatic rings. The van der Waals surface area contributed by atoms with Gasteiger partial charge in [-0.15, -0.1) is 0 Å². The zero-order chi connectivity index (χ0) is 17.7. The number of primary amides is 1. The van der Waals surface area contributed by atoms with Gasteiger partial charge in [-0.05, 0) is 30.2 Å². The van der Waals surface area contributed by atoms with Gasteiger partial charge < -0.3 is 21.1 Å². The van der Waals surface area contributed by atoms with Crippen molar-refractivity contribution in [2.45, 2.75) is 25.8 Å². The van der Waals surface area contributed by atoms with Gasteiger partial charge in [0.15, 0.2) is 0 Å². The summed E-state index contributed by atoms with van der Waals surface area (Å²) < 4.78 is 0. The lowest BCUT2D eigenvalue weighted by Crippen LogP contribution is -2.46. The van der Waals surface area contributed by atoms with E-state index >= 15 is 0 Å². The van der Waals surface area contributed by atoms with Crippen molar-refractivity contribution in [2.75, 3.05) is 0 Å². The number of benzene rings is 1. The van der Waals surface area contributed by atoms with E-state index in [4.69, 9.17) is 5.73 Å². The second-order valence-corrected chi connectivity index (χ2v) is 5.41. The van der Waals surface area contributed by atoms with Gasteiger partial charge in [-0.1, -0.05) is 19.1 Å². The zero-order valence-electron chi connectivity index (χ0n) is 13.2. The second kappa shape index (κ2) is 7.45. The molecule has 24 heavy (non-hydrogen) atoms. The molecule has 7 heteroatoms. The highest BCUT2D eigenvalue weighted by Gasteiger charge is 2.20. The van der Waals surface area contributed by atoms with E-state index in [0.29, 0.717) is 12.1 Å². The molecule has 0 saturated carbocycles. The molecule has 7 nitrogen and oxygen atoms in total. The summed E-state index contributed by atoms with van der Waals surface area (Å²) in [4.78, 5) is 38.1. The molecule has 0 radical (unpaired) electrons. The van der Waals surface area contributed by atoms with Crippen molar-refractivity contribution in [1.82, 2.24) is 10.3 Å². The summed E-state index contributed by atoms with van der Waals surface area (Å²) >= 11 is 0. The molecule has 0 fully saturated rings. The number of rotatable bonds is 6. The Balaban J connectivity index is 2.16. The molecule has 1 heterocycles. The maximum absolute atomic E-state index is 12.3. The number of aromatic hydroxyl groups is 1. The first-order valence-corrected chi connectivity index (χ1v) is 7.50. The standard InChI is InChI=1S/C17H19N3O4/c1-2-12-8-11(9-15(22)19-12)17(24)20-14(16(18)23)7-10-3-5-13(21)6-4-10/h3-6,8-9,14,21H,2,7H2,1H3,(H2,18,23)(H,19,22)(H,20,24)/t14-/m0/s1. The molecule has 1 aromatic heterocycles. The number of aromatic nitrogens is 1. The lowest BCUT2D eigenvalue weighted by atomic mass is 10.0. The smallest absolute Gasteiger partial charge is 0.252 e. The summed E-state index contributed by atoms with van der Waals surface area (Å²) in [5.41, 5.74) is 6.51. The summed E-state index contributed by atoms with van der Waals surface area (Å²) in [6.45, 7) is 1.85. The third kappa shape index (κ3) is 4.45. The number of hydrogen-bond donors (Lipinski definition) is 4. The summed E-state index contributed by atoms with van der Waals surface area (Å²) in [5, 5.41) is 11.8. The predicted octanol–water partition coefficient (Wildman–Crippen LogP) is 0.469. The number of carbonyl (C=O) groups is 2. The van der Waals surface area contributed by atoms with E-state index in [0.717, 1.165) is 5.56 Å². The molecule has 2 rings (SSSR count). The van der Waals surface area contributed by atoms with Crippen molar-refractivity contribution in [3.05, 3.63) is 63.6 Å². The maximum Gasteiger partial charge on any atom is 0.252 e. The Morgan fingerprint density at radius 2 is 1.92 bits per heavy atom. The summed E-state index contributed by atoms with van der Waals surface area (Å²) in [7, 11) is 0. The van der Waals surface area contributed by atoms with E-state index in [1.165, 1.54) is 18.2 Å². The molecular formula is C17H19N3O4. The largest absolute Gasteiger partial charge is 0.508 e. The maximum atomic E-state index is 12.3. The van der Waals surface area contributed by atoms with Gasteiger partial charge >= 0.3 is 0 Å². The van der Waals surface area contributed by atoms with Gasteiger partial charge in [-0.3, -0.25) is 14.4 Å². The van der Waals surface area contributed by atoms with Crippen molar-refractivity contribution in [1.29, 1.82) is 0 Å². The molecule has 5 N–H and O–H groups in total. The lowest BCUT2D eigenvalue weighted by molar-refractivity contribution is -0.119. The van der Waals surface area contributed by atoms with Crippen LogP contribution in [-0.2, 0) is 17.6 Å². The SMILES string of the molecule is CCc1cc(C(=O)N[C@@H](Cc2ccc(O)cc2)C(N)=O)cc(=O)[nH]1. The van der Waals surface area contributed by atoms with E-state index in [-0.39, 0.29) is 23.3 Å². The summed E-state index contributed by atoms with van der Waals surface area (Å²) in [5.74, 6) is -1.12. The second-order valence-electron chi connectivity index (χ2n) is 5.41. The van der Waals surface area contributed by atoms with E-state index in [1.54, 1.807) is 18.2 Å². The lowest BCUT2D eigenvalue weighted by Gasteiger charge is -2.16. The van der Waals surface area contributed by atoms with Crippen molar-refractivity contribution in [3.8, 4) is 5.75 Å². The minimum absolute atomic E-state index is 0.106. The van der Waals surface area contributed by atoms with Gasteiger partial charge in [0.25, 0.3) is 5.91 Å². The minimum Gasteiger partial charge on any atom is -0.508 e. The Morgan fingerprint density at radius 1 is 1.25 bits per heavy atom. The fraction of sp³-hybridized carbons (Fsp3) is 0.235. The number of aromatic amines is 1. The first kappa shape index (κ1) is 17.3. The average molecular weight is 329 g/mol. The van der Waals surface area contributed by atoms with Crippen LogP contribution in [0.25, 0.3) is 0 Å². The zero-order valence-corrected chi connectivity index (χ0v) is 13.2. The highest BCUT2D eigenvalue weighted by atomic mass is 16.3. The predicted molar refractivity (Wildman–Crippen MR) is 88.7 cm³/mol. The van der Waals surface area contributed by atoms with Crippen LogP contribution in [0.3, 0.4) is 0 Å². The van der Waals surface area contributed by atoms with E-state index in [9.17, 15) is 19.5 Å². The molecule has 2 amide bonds. The fourth-order valence-corrected chi connectivity index (χ4v) is 2.25. The van der Waals surface area contributed by atoms with Crippen molar-refractivity contribution in [2.24, 2.45) is 5.73 Å². The van der Waals surface area contributed by atoms with Crippen LogP contribution >= 0.6 is 0 Å². The highest BCUT2D eigenvalue weighted by molar-refractivity contribution is 5.97. The van der Waals surface area contributed by atoms with Crippen LogP contribution in [0.4, 0.5) is 0 Å². The van der Waals surface area contributed by atoms with E-state index in [2.05, 4.69) is 10.3 Å². The minimum atomic E-state index is -0.925. The van der Waals surface area contributed by atoms with Crippen LogP contribution in [0.15, 0.2) is 41.2 Å². The average Bonchev–Trinajstić information content (AvgIpc) is 2.55. The monoisotopic (exact) mass is 329 g/mol. The number of nitrogens with two attached hydrogens (primary N) is 1. The molecule has 0 saturated heterocycles. The Bertz CT molecular complexity index is 796. The Kier molecular flexibility index (Phi) is 5.36. The molecule has 0 aliphatic carbocycles. The normalized spacial score (nSPS) is 11.7. The Labute approximate surface area is 138 Å². The quantitative estimate of drug-likeness (QED) is 0.614. The number of H-pyrrole nitrogens is 1. The third-order valence-corrected chi connectivity index (χ3v) is 3.57. The molecule has 0 unspecified atom stereocenters. The number of nitrogens with one attached hydrogen (secondary N) is 2. The van der Waals surface area contributed by atoms with Crippen molar-refractivity contribution >= 4 is 11.8 Å². The van der Waals surface area contributed by atoms with Crippen molar-refractivity contribution < 1.29 is 14.7 Å². The molecule has 1 aromatic carbocycles. The number of aryl methyl sites for hydroxylation is 1. The van der Waals surface area contributed by atoms with Crippen LogP contribution in [0, 0.1) is 0 Å². The van der Waals surface area contributed by atoms with Gasteiger partial charge in [0.05, 0.1) is 0 Å². The summed E-state index contributed by atoms with van der Waals surface area (Å²) in [6, 6.07) is 8.06. The van der Waals surface area contributed by atoms with Gasteiger partial charge in [-0.2, -0.15) is 0 Å². The Hall–Kier alpha value is -3.09. The van der Waals surface area contributed by atoms with Gasteiger partial charge in [0, 0.05) is 23.7 Å². The van der Waals surface area contributed by atoms with Crippen LogP contribution in [0.5, 0.6) is 5.75 Å². The number of carbonyl (C=O) groups excluding carboxylic acids is 2. The third-order valence-electron chi connectivity index (χ3n) is 3.57. The molecule has 0 bridgehead atoms. The van der Waals surface area contributed by atoms with Crippen LogP contribution in [-0.4, -0.2) is 27.9 Å². The first-order valence-electron chi connectivity index (χ1n) is 7.50. The molecule has 0 spiro atoms. The molecular weight excluding hydrogens is 310 g/mol. The Morgan fingerprint density at radius 3 is 2.50 bits per heavy atom. The number of hydrogen-bond acceptors (Lipinski definition) is 4. The first-order chi connectivity index (χ1) is 11.4. The number of phenols is 1. The van der Waals surface area contributed by atoms with Gasteiger partial charge in [-0.25, -0.2) is 0 Å². The molecule has 2 aromatic rings. The van der Waals surface area contributed by atoms with E-state index < -0.39 is 17.9 Å². The number of pyridine rings is 1. The van der Waals surface area contributed by atoms with Crippen molar-refractivity contribution in [3.63, 3.8) is 0 Å². The van der Waals surface area contributed by atoms with Gasteiger partial charge in [0.2, 0.25) is 11.5 Å².